The molecule has 0 N–H and O–H groups in total. The number of halogens is 1. The van der Waals surface area contributed by atoms with Crippen LogP contribution in [-0.4, -0.2) is 18.8 Å². The third-order valence-corrected chi connectivity index (χ3v) is 6.62. The predicted octanol–water partition coefficient (Wildman–Crippen LogP) is 3.74. The Bertz CT molecular complexity index is 717. The van der Waals surface area contributed by atoms with Crippen molar-refractivity contribution in [1.29, 1.82) is 0 Å². The van der Waals surface area contributed by atoms with Crippen LogP contribution in [0.2, 0.25) is 0 Å². The number of hydrogen-bond donors (Lipinski definition) is 0. The fraction of sp³-hybridized carbons (Fsp3) is 0.429. The maximum absolute atomic E-state index is 12.9. The van der Waals surface area contributed by atoms with E-state index in [-0.39, 0.29) is 16.8 Å². The smallest absolute Gasteiger partial charge is 0.247 e. The van der Waals surface area contributed by atoms with Crippen LogP contribution in [0.15, 0.2) is 32.9 Å². The van der Waals surface area contributed by atoms with Gasteiger partial charge in [-0.15, -0.1) is 22.9 Å². The molecule has 0 aliphatic heterocycles. The van der Waals surface area contributed by atoms with Gasteiger partial charge in [0.15, 0.2) is 0 Å². The summed E-state index contributed by atoms with van der Waals surface area (Å²) < 4.78 is 32.8. The van der Waals surface area contributed by atoms with E-state index >= 15 is 0 Å². The number of aryl methyl sites for hydroxylation is 1. The molecule has 0 spiro atoms. The van der Waals surface area contributed by atoms with Gasteiger partial charge in [0, 0.05) is 23.5 Å². The molecule has 2 heterocycles. The van der Waals surface area contributed by atoms with Crippen LogP contribution >= 0.6 is 22.9 Å². The Labute approximate surface area is 133 Å². The van der Waals surface area contributed by atoms with Gasteiger partial charge in [-0.25, -0.2) is 8.42 Å². The molecule has 0 saturated heterocycles. The van der Waals surface area contributed by atoms with E-state index in [2.05, 4.69) is 0 Å². The van der Waals surface area contributed by atoms with E-state index in [0.717, 1.165) is 17.7 Å². The molecule has 7 heteroatoms. The van der Waals surface area contributed by atoms with Crippen LogP contribution in [0.25, 0.3) is 0 Å². The maximum Gasteiger partial charge on any atom is 0.247 e. The van der Waals surface area contributed by atoms with Crippen LogP contribution in [0.4, 0.5) is 0 Å². The fourth-order valence-corrected chi connectivity index (χ4v) is 5.07. The molecule has 0 radical (unpaired) electrons. The predicted molar refractivity (Wildman–Crippen MR) is 83.1 cm³/mol. The van der Waals surface area contributed by atoms with E-state index < -0.39 is 10.0 Å². The van der Waals surface area contributed by atoms with E-state index in [9.17, 15) is 8.42 Å². The minimum Gasteiger partial charge on any atom is -0.464 e. The van der Waals surface area contributed by atoms with Crippen LogP contribution in [0.3, 0.4) is 0 Å². The van der Waals surface area contributed by atoms with Gasteiger partial charge in [0.1, 0.15) is 16.4 Å². The molecule has 1 aliphatic carbocycles. The molecule has 3 rings (SSSR count). The maximum atomic E-state index is 12.9. The van der Waals surface area contributed by atoms with E-state index in [1.165, 1.54) is 0 Å². The van der Waals surface area contributed by atoms with E-state index in [1.54, 1.807) is 28.6 Å². The largest absolute Gasteiger partial charge is 0.464 e. The number of hydrogen-bond acceptors (Lipinski definition) is 4. The molecule has 114 valence electrons. The molecule has 1 aliphatic rings. The molecular formula is C14H16ClNO3S2. The molecule has 21 heavy (non-hydrogen) atoms. The Kier molecular flexibility index (Phi) is 4.14. The molecule has 0 unspecified atom stereocenters. The summed E-state index contributed by atoms with van der Waals surface area (Å²) >= 11 is 7.30. The zero-order chi connectivity index (χ0) is 15.0. The molecular weight excluding hydrogens is 330 g/mol. The topological polar surface area (TPSA) is 50.5 Å². The van der Waals surface area contributed by atoms with E-state index in [4.69, 9.17) is 16.0 Å². The summed E-state index contributed by atoms with van der Waals surface area (Å²) in [5, 5.41) is 1.96. The Hall–Kier alpha value is -0.820. The summed E-state index contributed by atoms with van der Waals surface area (Å²) in [6, 6.07) is 5.54. The lowest BCUT2D eigenvalue weighted by Gasteiger charge is -2.20. The number of furan rings is 1. The van der Waals surface area contributed by atoms with Crippen LogP contribution in [0, 0.1) is 6.92 Å². The Morgan fingerprint density at radius 3 is 2.76 bits per heavy atom. The van der Waals surface area contributed by atoms with Crippen molar-refractivity contribution in [3.63, 3.8) is 0 Å². The van der Waals surface area contributed by atoms with Crippen molar-refractivity contribution in [2.75, 3.05) is 0 Å². The van der Waals surface area contributed by atoms with Gasteiger partial charge in [-0.2, -0.15) is 4.31 Å². The zero-order valence-electron chi connectivity index (χ0n) is 11.6. The second-order valence-electron chi connectivity index (χ2n) is 5.13. The first kappa shape index (κ1) is 15.1. The minimum atomic E-state index is -3.55. The van der Waals surface area contributed by atoms with Gasteiger partial charge in [0.05, 0.1) is 5.88 Å². The molecule has 1 fully saturated rings. The van der Waals surface area contributed by atoms with Crippen molar-refractivity contribution in [3.8, 4) is 0 Å². The van der Waals surface area contributed by atoms with Gasteiger partial charge < -0.3 is 4.42 Å². The van der Waals surface area contributed by atoms with E-state index in [0.29, 0.717) is 18.1 Å². The number of sulfonamides is 1. The average molecular weight is 346 g/mol. The lowest BCUT2D eigenvalue weighted by molar-refractivity contribution is 0.399. The van der Waals surface area contributed by atoms with Crippen molar-refractivity contribution < 1.29 is 12.8 Å². The Balaban J connectivity index is 1.95. The highest BCUT2D eigenvalue weighted by Gasteiger charge is 2.39. The first-order valence-corrected chi connectivity index (χ1v) is 9.57. The highest BCUT2D eigenvalue weighted by Crippen LogP contribution is 2.35. The molecule has 4 nitrogen and oxygen atoms in total. The molecule has 0 bridgehead atoms. The third-order valence-electron chi connectivity index (χ3n) is 3.49. The van der Waals surface area contributed by atoms with Gasteiger partial charge in [-0.05, 0) is 31.2 Å². The summed E-state index contributed by atoms with van der Waals surface area (Å²) in [5.41, 5.74) is 0. The highest BCUT2D eigenvalue weighted by molar-refractivity contribution is 7.89. The Morgan fingerprint density at radius 2 is 2.24 bits per heavy atom. The summed E-state index contributed by atoms with van der Waals surface area (Å²) in [5.74, 6) is 1.06. The standard InChI is InChI=1S/C14H16ClNO3S2/c1-10-14(7-12(8-15)19-10)21(17,18)16(11-4-5-11)9-13-3-2-6-20-13/h2-3,6-7,11H,4-5,8-9H2,1H3. The van der Waals surface area contributed by atoms with Crippen molar-refractivity contribution in [2.24, 2.45) is 0 Å². The Morgan fingerprint density at radius 1 is 1.48 bits per heavy atom. The van der Waals surface area contributed by atoms with Crippen LogP contribution in [0.1, 0.15) is 29.2 Å². The SMILES string of the molecule is Cc1oc(CCl)cc1S(=O)(=O)N(Cc1cccs1)C1CC1. The normalized spacial score (nSPS) is 15.8. The highest BCUT2D eigenvalue weighted by atomic mass is 35.5. The summed E-state index contributed by atoms with van der Waals surface area (Å²) in [7, 11) is -3.55. The first-order valence-electron chi connectivity index (χ1n) is 6.72. The average Bonchev–Trinajstić information content (AvgIpc) is 2.99. The third kappa shape index (κ3) is 3.04. The lowest BCUT2D eigenvalue weighted by Crippen LogP contribution is -2.32. The summed E-state index contributed by atoms with van der Waals surface area (Å²) in [4.78, 5) is 1.28. The molecule has 0 amide bonds. The lowest BCUT2D eigenvalue weighted by atomic mass is 10.4. The molecule has 2 aromatic heterocycles. The zero-order valence-corrected chi connectivity index (χ0v) is 14.0. The fourth-order valence-electron chi connectivity index (χ4n) is 2.30. The van der Waals surface area contributed by atoms with Crippen LogP contribution in [-0.2, 0) is 22.4 Å². The van der Waals surface area contributed by atoms with Gasteiger partial charge in [0.25, 0.3) is 0 Å². The molecule has 0 atom stereocenters. The monoisotopic (exact) mass is 345 g/mol. The van der Waals surface area contributed by atoms with Gasteiger partial charge >= 0.3 is 0 Å². The second kappa shape index (κ2) is 5.76. The van der Waals surface area contributed by atoms with Gasteiger partial charge in [0.2, 0.25) is 10.0 Å². The number of rotatable bonds is 6. The molecule has 1 saturated carbocycles. The summed E-state index contributed by atoms with van der Waals surface area (Å²) in [6.07, 6.45) is 1.84. The van der Waals surface area contributed by atoms with E-state index in [1.807, 2.05) is 17.5 Å². The van der Waals surface area contributed by atoms with Crippen LogP contribution in [0.5, 0.6) is 0 Å². The second-order valence-corrected chi connectivity index (χ2v) is 8.29. The molecule has 2 aromatic rings. The molecule has 0 aromatic carbocycles. The van der Waals surface area contributed by atoms with Gasteiger partial charge in [-0.1, -0.05) is 6.07 Å². The van der Waals surface area contributed by atoms with Crippen molar-refractivity contribution in [2.45, 2.75) is 43.1 Å². The number of nitrogens with zero attached hydrogens (tertiary/aromatic N) is 1. The van der Waals surface area contributed by atoms with Crippen molar-refractivity contribution >= 4 is 33.0 Å². The van der Waals surface area contributed by atoms with Gasteiger partial charge in [-0.3, -0.25) is 0 Å². The first-order chi connectivity index (χ1) is 10.0. The minimum absolute atomic E-state index is 0.103. The quantitative estimate of drug-likeness (QED) is 0.749. The summed E-state index contributed by atoms with van der Waals surface area (Å²) in [6.45, 7) is 2.09. The van der Waals surface area contributed by atoms with Crippen LogP contribution < -0.4 is 0 Å². The number of alkyl halides is 1. The number of thiophene rings is 1. The van der Waals surface area contributed by atoms with Crippen molar-refractivity contribution in [1.82, 2.24) is 4.31 Å². The van der Waals surface area contributed by atoms with Crippen molar-refractivity contribution in [3.05, 3.63) is 40.0 Å².